The van der Waals surface area contributed by atoms with Crippen LogP contribution in [0.25, 0.3) is 0 Å². The second-order valence-corrected chi connectivity index (χ2v) is 7.53. The number of hydrogen-bond donors (Lipinski definition) is 2. The van der Waals surface area contributed by atoms with Crippen LogP contribution in [0.15, 0.2) is 46.9 Å². The maximum atomic E-state index is 12.8. The molecule has 9 heteroatoms. The van der Waals surface area contributed by atoms with Gasteiger partial charge in [0.15, 0.2) is 5.11 Å². The van der Waals surface area contributed by atoms with Crippen molar-refractivity contribution in [2.45, 2.75) is 0 Å². The molecule has 1 aliphatic rings. The lowest BCUT2D eigenvalue weighted by atomic mass is 10.1. The number of amides is 2. The number of nitrogens with one attached hydrogen (secondary N) is 2. The number of halogens is 1. The van der Waals surface area contributed by atoms with Gasteiger partial charge in [0.25, 0.3) is 11.8 Å². The summed E-state index contributed by atoms with van der Waals surface area (Å²) in [6, 6.07) is 12.2. The first-order chi connectivity index (χ1) is 14.0. The molecule has 1 saturated heterocycles. The molecular weight excluding hydrogens is 458 g/mol. The molecule has 0 spiro atoms. The van der Waals surface area contributed by atoms with Gasteiger partial charge in [-0.2, -0.15) is 0 Å². The maximum Gasteiger partial charge on any atom is 0.261 e. The smallest absolute Gasteiger partial charge is 0.261 e. The van der Waals surface area contributed by atoms with Gasteiger partial charge in [-0.15, -0.1) is 0 Å². The van der Waals surface area contributed by atoms with E-state index in [2.05, 4.69) is 26.6 Å². The lowest BCUT2D eigenvalue weighted by Crippen LogP contribution is -2.41. The molecule has 29 heavy (non-hydrogen) atoms. The van der Waals surface area contributed by atoms with Crippen molar-refractivity contribution >= 4 is 50.8 Å². The number of hydrogen-bond acceptors (Lipinski definition) is 5. The van der Waals surface area contributed by atoms with Crippen molar-refractivity contribution in [2.75, 3.05) is 38.7 Å². The van der Waals surface area contributed by atoms with Crippen molar-refractivity contribution in [3.05, 3.63) is 58.1 Å². The molecule has 2 amide bonds. The van der Waals surface area contributed by atoms with Crippen LogP contribution < -0.4 is 15.4 Å². The third-order valence-corrected chi connectivity index (χ3v) is 5.03. The zero-order chi connectivity index (χ0) is 20.8. The van der Waals surface area contributed by atoms with E-state index in [1.807, 2.05) is 0 Å². The summed E-state index contributed by atoms with van der Waals surface area (Å²) in [5.41, 5.74) is 1.34. The van der Waals surface area contributed by atoms with Gasteiger partial charge in [0.2, 0.25) is 0 Å². The fourth-order valence-electron chi connectivity index (χ4n) is 2.90. The summed E-state index contributed by atoms with van der Waals surface area (Å²) in [6.07, 6.45) is 0. The van der Waals surface area contributed by atoms with Crippen molar-refractivity contribution < 1.29 is 19.1 Å². The van der Waals surface area contributed by atoms with Gasteiger partial charge >= 0.3 is 0 Å². The molecule has 152 valence electrons. The number of nitrogens with zero attached hydrogens (tertiary/aromatic N) is 1. The normalized spacial score (nSPS) is 13.5. The summed E-state index contributed by atoms with van der Waals surface area (Å²) in [4.78, 5) is 27.2. The van der Waals surface area contributed by atoms with E-state index >= 15 is 0 Å². The first-order valence-electron chi connectivity index (χ1n) is 8.91. The third-order valence-electron chi connectivity index (χ3n) is 4.34. The SMILES string of the molecule is COc1ccc(Br)cc1C(=O)NC(=S)Nc1ccccc1C(=O)N1CCOCC1. The average Bonchev–Trinajstić information content (AvgIpc) is 2.74. The maximum absolute atomic E-state index is 12.8. The van der Waals surface area contributed by atoms with Crippen LogP contribution in [0.5, 0.6) is 5.75 Å². The zero-order valence-corrected chi connectivity index (χ0v) is 18.1. The highest BCUT2D eigenvalue weighted by Gasteiger charge is 2.21. The van der Waals surface area contributed by atoms with Crippen molar-refractivity contribution in [3.63, 3.8) is 0 Å². The van der Waals surface area contributed by atoms with Crippen molar-refractivity contribution in [1.29, 1.82) is 0 Å². The van der Waals surface area contributed by atoms with Crippen LogP contribution in [0.1, 0.15) is 20.7 Å². The quantitative estimate of drug-likeness (QED) is 0.658. The Bertz CT molecular complexity index is 932. The van der Waals surface area contributed by atoms with Crippen molar-refractivity contribution in [3.8, 4) is 5.75 Å². The van der Waals surface area contributed by atoms with E-state index < -0.39 is 5.91 Å². The van der Waals surface area contributed by atoms with Gasteiger partial charge in [-0.3, -0.25) is 14.9 Å². The number of benzene rings is 2. The summed E-state index contributed by atoms with van der Waals surface area (Å²) in [5, 5.41) is 5.66. The van der Waals surface area contributed by atoms with Crippen molar-refractivity contribution in [2.24, 2.45) is 0 Å². The highest BCUT2D eigenvalue weighted by Crippen LogP contribution is 2.23. The van der Waals surface area contributed by atoms with Gasteiger partial charge < -0.3 is 19.7 Å². The molecule has 7 nitrogen and oxygen atoms in total. The first-order valence-corrected chi connectivity index (χ1v) is 10.1. The molecule has 0 saturated carbocycles. The van der Waals surface area contributed by atoms with Crippen LogP contribution in [-0.2, 0) is 4.74 Å². The monoisotopic (exact) mass is 477 g/mol. The molecule has 0 aliphatic carbocycles. The fourth-order valence-corrected chi connectivity index (χ4v) is 3.46. The van der Waals surface area contributed by atoms with Gasteiger partial charge in [0, 0.05) is 17.6 Å². The Balaban J connectivity index is 1.72. The van der Waals surface area contributed by atoms with Crippen LogP contribution in [0, 0.1) is 0 Å². The lowest BCUT2D eigenvalue weighted by molar-refractivity contribution is 0.0303. The Labute approximate surface area is 182 Å². The van der Waals surface area contributed by atoms with Crippen LogP contribution in [0.4, 0.5) is 5.69 Å². The molecule has 2 N–H and O–H groups in total. The second kappa shape index (κ2) is 9.82. The van der Waals surface area contributed by atoms with E-state index in [9.17, 15) is 9.59 Å². The standard InChI is InChI=1S/C20H20BrN3O4S/c1-27-17-7-6-13(21)12-15(17)18(25)23-20(29)22-16-5-3-2-4-14(16)19(26)24-8-10-28-11-9-24/h2-7,12H,8-11H2,1H3,(H2,22,23,25,29). The Kier molecular flexibility index (Phi) is 7.18. The van der Waals surface area contributed by atoms with Crippen molar-refractivity contribution in [1.82, 2.24) is 10.2 Å². The Morgan fingerprint density at radius 1 is 1.14 bits per heavy atom. The van der Waals surface area contributed by atoms with Gasteiger partial charge in [-0.1, -0.05) is 28.1 Å². The van der Waals surface area contributed by atoms with Crippen LogP contribution in [0.2, 0.25) is 0 Å². The second-order valence-electron chi connectivity index (χ2n) is 6.20. The molecule has 0 radical (unpaired) electrons. The number of para-hydroxylation sites is 1. The van der Waals surface area contributed by atoms with Gasteiger partial charge in [-0.05, 0) is 42.5 Å². The minimum absolute atomic E-state index is 0.0826. The highest BCUT2D eigenvalue weighted by molar-refractivity contribution is 9.10. The molecule has 0 bridgehead atoms. The summed E-state index contributed by atoms with van der Waals surface area (Å²) >= 11 is 8.63. The van der Waals surface area contributed by atoms with Gasteiger partial charge in [0.05, 0.1) is 37.1 Å². The Hall–Kier alpha value is -2.49. The number of carbonyl (C=O) groups excluding carboxylic acids is 2. The Morgan fingerprint density at radius 2 is 1.86 bits per heavy atom. The van der Waals surface area contributed by atoms with E-state index in [4.69, 9.17) is 21.7 Å². The van der Waals surface area contributed by atoms with E-state index in [0.29, 0.717) is 48.9 Å². The lowest BCUT2D eigenvalue weighted by Gasteiger charge is -2.27. The molecule has 3 rings (SSSR count). The van der Waals surface area contributed by atoms with Crippen LogP contribution in [0.3, 0.4) is 0 Å². The Morgan fingerprint density at radius 3 is 2.59 bits per heavy atom. The molecule has 0 unspecified atom stereocenters. The number of anilines is 1. The molecule has 1 heterocycles. The molecule has 0 atom stereocenters. The van der Waals surface area contributed by atoms with E-state index in [1.54, 1.807) is 47.4 Å². The number of rotatable bonds is 4. The fraction of sp³-hybridized carbons (Fsp3) is 0.250. The topological polar surface area (TPSA) is 79.9 Å². The van der Waals surface area contributed by atoms with E-state index in [0.717, 1.165) is 4.47 Å². The number of thiocarbonyl (C=S) groups is 1. The minimum Gasteiger partial charge on any atom is -0.496 e. The largest absolute Gasteiger partial charge is 0.496 e. The van der Waals surface area contributed by atoms with Gasteiger partial charge in [-0.25, -0.2) is 0 Å². The third kappa shape index (κ3) is 5.31. The highest BCUT2D eigenvalue weighted by atomic mass is 79.9. The average molecular weight is 478 g/mol. The molecular formula is C20H20BrN3O4S. The molecule has 0 aromatic heterocycles. The molecule has 1 aliphatic heterocycles. The van der Waals surface area contributed by atoms with E-state index in [1.165, 1.54) is 7.11 Å². The predicted molar refractivity (Wildman–Crippen MR) is 118 cm³/mol. The van der Waals surface area contributed by atoms with Crippen LogP contribution in [-0.4, -0.2) is 55.2 Å². The van der Waals surface area contributed by atoms with Crippen LogP contribution >= 0.6 is 28.1 Å². The zero-order valence-electron chi connectivity index (χ0n) is 15.7. The first kappa shape index (κ1) is 21.2. The summed E-state index contributed by atoms with van der Waals surface area (Å²) < 4.78 is 11.3. The number of ether oxygens (including phenoxy) is 2. The number of carbonyl (C=O) groups is 2. The summed E-state index contributed by atoms with van der Waals surface area (Å²) in [7, 11) is 1.49. The number of morpholine rings is 1. The number of methoxy groups -OCH3 is 1. The van der Waals surface area contributed by atoms with E-state index in [-0.39, 0.29) is 11.0 Å². The summed E-state index contributed by atoms with van der Waals surface area (Å²) in [6.45, 7) is 2.11. The molecule has 2 aromatic rings. The van der Waals surface area contributed by atoms with Gasteiger partial charge in [0.1, 0.15) is 5.75 Å². The minimum atomic E-state index is -0.419. The predicted octanol–water partition coefficient (Wildman–Crippen LogP) is 3.06. The molecule has 1 fully saturated rings. The summed E-state index contributed by atoms with van der Waals surface area (Å²) in [5.74, 6) is -0.104. The molecule has 2 aromatic carbocycles.